The van der Waals surface area contributed by atoms with E-state index in [1.807, 2.05) is 12.1 Å². The van der Waals surface area contributed by atoms with Crippen molar-refractivity contribution in [1.29, 1.82) is 5.26 Å². The van der Waals surface area contributed by atoms with Crippen molar-refractivity contribution < 1.29 is 14.7 Å². The molecule has 1 amide bonds. The van der Waals surface area contributed by atoms with Crippen LogP contribution in [0.15, 0.2) is 24.3 Å². The first-order valence-corrected chi connectivity index (χ1v) is 8.75. The van der Waals surface area contributed by atoms with E-state index in [4.69, 9.17) is 10.4 Å². The van der Waals surface area contributed by atoms with Crippen LogP contribution in [0.3, 0.4) is 0 Å². The monoisotopic (exact) mass is 332 g/mol. The van der Waals surface area contributed by atoms with E-state index in [0.29, 0.717) is 17.1 Å². The van der Waals surface area contributed by atoms with Crippen LogP contribution in [-0.4, -0.2) is 40.2 Å². The number of carbonyl (C=O) groups is 2. The molecule has 1 aromatic rings. The molecule has 1 atom stereocenters. The number of thioether (sulfide) groups is 1. The molecule has 6 heteroatoms. The molecule has 23 heavy (non-hydrogen) atoms. The van der Waals surface area contributed by atoms with Gasteiger partial charge in [0.15, 0.2) is 0 Å². The van der Waals surface area contributed by atoms with E-state index in [9.17, 15) is 9.59 Å². The minimum absolute atomic E-state index is 0.0132. The van der Waals surface area contributed by atoms with Crippen LogP contribution in [0.1, 0.15) is 30.9 Å². The highest BCUT2D eigenvalue weighted by molar-refractivity contribution is 7.99. The highest BCUT2D eigenvalue weighted by atomic mass is 32.2. The van der Waals surface area contributed by atoms with Crippen molar-refractivity contribution in [1.82, 2.24) is 4.90 Å². The van der Waals surface area contributed by atoms with E-state index < -0.39 is 11.9 Å². The number of carboxylic acids is 1. The van der Waals surface area contributed by atoms with Gasteiger partial charge in [0, 0.05) is 18.3 Å². The van der Waals surface area contributed by atoms with Crippen LogP contribution >= 0.6 is 11.8 Å². The Morgan fingerprint density at radius 1 is 1.39 bits per heavy atom. The first kappa shape index (κ1) is 17.4. The molecule has 2 rings (SSSR count). The zero-order valence-corrected chi connectivity index (χ0v) is 13.9. The van der Waals surface area contributed by atoms with Gasteiger partial charge in [-0.2, -0.15) is 5.26 Å². The summed E-state index contributed by atoms with van der Waals surface area (Å²) in [6.45, 7) is 1.92. The van der Waals surface area contributed by atoms with Crippen LogP contribution < -0.4 is 0 Å². The summed E-state index contributed by atoms with van der Waals surface area (Å²) in [6.07, 6.45) is 1.94. The maximum absolute atomic E-state index is 12.3. The van der Waals surface area contributed by atoms with Gasteiger partial charge in [0.25, 0.3) is 0 Å². The molecule has 0 saturated heterocycles. The Balaban J connectivity index is 1.81. The van der Waals surface area contributed by atoms with Gasteiger partial charge >= 0.3 is 5.97 Å². The number of amides is 1. The van der Waals surface area contributed by atoms with Crippen molar-refractivity contribution >= 4 is 23.6 Å². The Labute approximate surface area is 140 Å². The number of carbonyl (C=O) groups excluding carboxylic acids is 1. The highest BCUT2D eigenvalue weighted by Crippen LogP contribution is 2.28. The van der Waals surface area contributed by atoms with Crippen LogP contribution in [-0.2, 0) is 15.3 Å². The lowest BCUT2D eigenvalue weighted by atomic mass is 10.1. The molecule has 1 aliphatic rings. The summed E-state index contributed by atoms with van der Waals surface area (Å²) in [5.41, 5.74) is 1.69. The topological polar surface area (TPSA) is 81.4 Å². The first-order valence-electron chi connectivity index (χ1n) is 7.60. The lowest BCUT2D eigenvalue weighted by molar-refractivity contribution is -0.142. The number of hydrogen-bond donors (Lipinski definition) is 1. The second kappa shape index (κ2) is 8.02. The predicted octanol–water partition coefficient (Wildman–Crippen LogP) is 2.50. The van der Waals surface area contributed by atoms with Gasteiger partial charge < -0.3 is 10.0 Å². The molecule has 1 saturated carbocycles. The molecule has 0 heterocycles. The fraction of sp³-hybridized carbons (Fsp3) is 0.471. The van der Waals surface area contributed by atoms with Crippen molar-refractivity contribution in [2.24, 2.45) is 5.92 Å². The van der Waals surface area contributed by atoms with Gasteiger partial charge in [0.2, 0.25) is 5.91 Å². The number of rotatable bonds is 8. The Bertz CT molecular complexity index is 605. The molecule has 0 bridgehead atoms. The van der Waals surface area contributed by atoms with E-state index in [-0.39, 0.29) is 18.5 Å². The average molecular weight is 332 g/mol. The van der Waals surface area contributed by atoms with Gasteiger partial charge in [-0.1, -0.05) is 19.1 Å². The number of aliphatic carboxylic acids is 1. The molecule has 1 aliphatic carbocycles. The Morgan fingerprint density at radius 2 is 2.04 bits per heavy atom. The van der Waals surface area contributed by atoms with Gasteiger partial charge in [0.1, 0.15) is 0 Å². The van der Waals surface area contributed by atoms with Crippen LogP contribution in [0.2, 0.25) is 0 Å². The fourth-order valence-electron chi connectivity index (χ4n) is 2.23. The van der Waals surface area contributed by atoms with Crippen molar-refractivity contribution in [2.75, 3.05) is 12.3 Å². The molecule has 0 aromatic heterocycles. The minimum atomic E-state index is -0.867. The summed E-state index contributed by atoms with van der Waals surface area (Å²) >= 11 is 1.52. The summed E-state index contributed by atoms with van der Waals surface area (Å²) in [5, 5.41) is 17.8. The van der Waals surface area contributed by atoms with E-state index in [0.717, 1.165) is 18.4 Å². The molecule has 5 nitrogen and oxygen atoms in total. The largest absolute Gasteiger partial charge is 0.481 e. The minimum Gasteiger partial charge on any atom is -0.481 e. The molecule has 1 unspecified atom stereocenters. The van der Waals surface area contributed by atoms with Gasteiger partial charge in [-0.05, 0) is 30.5 Å². The summed E-state index contributed by atoms with van der Waals surface area (Å²) in [4.78, 5) is 25.1. The van der Waals surface area contributed by atoms with Gasteiger partial charge in [-0.15, -0.1) is 11.8 Å². The van der Waals surface area contributed by atoms with Gasteiger partial charge in [-0.3, -0.25) is 9.59 Å². The van der Waals surface area contributed by atoms with Crippen LogP contribution in [0.4, 0.5) is 0 Å². The first-order chi connectivity index (χ1) is 11.0. The fourth-order valence-corrected chi connectivity index (χ4v) is 3.10. The standard InChI is InChI=1S/C17H20N2O3S/c1-12(17(21)22)9-19(15-6-7-15)16(20)11-23-10-14-4-2-13(8-18)3-5-14/h2-5,12,15H,6-7,9-11H2,1H3,(H,21,22). The number of nitriles is 1. The molecular weight excluding hydrogens is 312 g/mol. The maximum atomic E-state index is 12.3. The van der Waals surface area contributed by atoms with Crippen molar-refractivity contribution in [3.63, 3.8) is 0 Å². The molecule has 122 valence electrons. The van der Waals surface area contributed by atoms with Crippen LogP contribution in [0, 0.1) is 17.2 Å². The van der Waals surface area contributed by atoms with Crippen molar-refractivity contribution in [3.8, 4) is 6.07 Å². The SMILES string of the molecule is CC(CN(C(=O)CSCc1ccc(C#N)cc1)C1CC1)C(=O)O. The summed E-state index contributed by atoms with van der Waals surface area (Å²) in [5.74, 6) is -0.344. The van der Waals surface area contributed by atoms with Crippen LogP contribution in [0.5, 0.6) is 0 Å². The molecule has 1 aromatic carbocycles. The Morgan fingerprint density at radius 3 is 2.57 bits per heavy atom. The Hall–Kier alpha value is -2.00. The molecule has 1 fully saturated rings. The third-order valence-corrected chi connectivity index (χ3v) is 4.77. The number of hydrogen-bond acceptors (Lipinski definition) is 4. The third kappa shape index (κ3) is 5.29. The predicted molar refractivity (Wildman–Crippen MR) is 88.9 cm³/mol. The Kier molecular flexibility index (Phi) is 6.05. The zero-order chi connectivity index (χ0) is 16.8. The molecule has 0 radical (unpaired) electrons. The molecule has 0 aliphatic heterocycles. The van der Waals surface area contributed by atoms with Crippen LogP contribution in [0.25, 0.3) is 0 Å². The number of nitrogens with zero attached hydrogens (tertiary/aromatic N) is 2. The average Bonchev–Trinajstić information content (AvgIpc) is 3.37. The smallest absolute Gasteiger partial charge is 0.308 e. The summed E-state index contributed by atoms with van der Waals surface area (Å²) in [6, 6.07) is 9.61. The number of carboxylic acid groups (broad SMARTS) is 1. The van der Waals surface area contributed by atoms with Gasteiger partial charge in [-0.25, -0.2) is 0 Å². The van der Waals surface area contributed by atoms with E-state index in [1.165, 1.54) is 11.8 Å². The van der Waals surface area contributed by atoms with Crippen molar-refractivity contribution in [2.45, 2.75) is 31.6 Å². The summed E-state index contributed by atoms with van der Waals surface area (Å²) in [7, 11) is 0. The third-order valence-electron chi connectivity index (χ3n) is 3.78. The van der Waals surface area contributed by atoms with E-state index >= 15 is 0 Å². The second-order valence-corrected chi connectivity index (χ2v) is 6.80. The molecule has 1 N–H and O–H groups in total. The normalized spacial score (nSPS) is 14.8. The summed E-state index contributed by atoms with van der Waals surface area (Å²) < 4.78 is 0. The highest BCUT2D eigenvalue weighted by Gasteiger charge is 2.34. The lowest BCUT2D eigenvalue weighted by Crippen LogP contribution is -2.39. The second-order valence-electron chi connectivity index (χ2n) is 5.82. The van der Waals surface area contributed by atoms with E-state index in [1.54, 1.807) is 24.0 Å². The lowest BCUT2D eigenvalue weighted by Gasteiger charge is -2.24. The van der Waals surface area contributed by atoms with Crippen molar-refractivity contribution in [3.05, 3.63) is 35.4 Å². The van der Waals surface area contributed by atoms with Gasteiger partial charge in [0.05, 0.1) is 23.3 Å². The zero-order valence-electron chi connectivity index (χ0n) is 13.1. The maximum Gasteiger partial charge on any atom is 0.308 e. The quantitative estimate of drug-likeness (QED) is 0.791. The number of benzene rings is 1. The molecular formula is C17H20N2O3S. The molecule has 0 spiro atoms. The van der Waals surface area contributed by atoms with E-state index in [2.05, 4.69) is 6.07 Å².